The second-order valence-electron chi connectivity index (χ2n) is 7.27. The molecule has 1 amide bonds. The fourth-order valence-electron chi connectivity index (χ4n) is 2.60. The summed E-state index contributed by atoms with van der Waals surface area (Å²) in [6.07, 6.45) is -5.05. The predicted octanol–water partition coefficient (Wildman–Crippen LogP) is 3.59. The number of nitrogens with zero attached hydrogens (tertiary/aromatic N) is 3. The number of ether oxygens (including phenoxy) is 2. The van der Waals surface area contributed by atoms with Gasteiger partial charge in [0.1, 0.15) is 5.60 Å². The van der Waals surface area contributed by atoms with E-state index >= 15 is 0 Å². The van der Waals surface area contributed by atoms with Gasteiger partial charge in [0.15, 0.2) is 12.4 Å². The number of halogens is 3. The number of nitro groups is 1. The summed E-state index contributed by atoms with van der Waals surface area (Å²) in [7, 11) is 0. The van der Waals surface area contributed by atoms with Crippen LogP contribution in [0.15, 0.2) is 18.2 Å². The number of piperazine rings is 1. The van der Waals surface area contributed by atoms with Crippen LogP contribution < -0.4 is 9.64 Å². The first-order chi connectivity index (χ1) is 12.9. The first-order valence-electron chi connectivity index (χ1n) is 8.56. The Morgan fingerprint density at radius 3 is 2.29 bits per heavy atom. The minimum atomic E-state index is -4.61. The Labute approximate surface area is 159 Å². The molecule has 0 aromatic heterocycles. The van der Waals surface area contributed by atoms with E-state index in [1.807, 2.05) is 4.90 Å². The summed E-state index contributed by atoms with van der Waals surface area (Å²) in [6, 6.07) is 3.77. The zero-order chi connectivity index (χ0) is 21.1. The van der Waals surface area contributed by atoms with E-state index in [0.29, 0.717) is 31.9 Å². The summed E-state index contributed by atoms with van der Waals surface area (Å²) in [5.74, 6) is -0.450. The second-order valence-corrected chi connectivity index (χ2v) is 7.27. The second kappa shape index (κ2) is 8.11. The Hall–Kier alpha value is -2.72. The molecule has 0 N–H and O–H groups in total. The highest BCUT2D eigenvalue weighted by Gasteiger charge is 2.31. The third-order valence-corrected chi connectivity index (χ3v) is 3.83. The molecule has 8 nitrogen and oxygen atoms in total. The van der Waals surface area contributed by atoms with Gasteiger partial charge in [-0.3, -0.25) is 10.1 Å². The average molecular weight is 405 g/mol. The molecule has 28 heavy (non-hydrogen) atoms. The van der Waals surface area contributed by atoms with Crippen LogP contribution in [0.2, 0.25) is 0 Å². The highest BCUT2D eigenvalue weighted by molar-refractivity contribution is 5.69. The van der Waals surface area contributed by atoms with Gasteiger partial charge in [-0.2, -0.15) is 13.2 Å². The van der Waals surface area contributed by atoms with Crippen LogP contribution in [-0.2, 0) is 4.74 Å². The number of benzene rings is 1. The van der Waals surface area contributed by atoms with Crippen LogP contribution in [0.1, 0.15) is 20.8 Å². The Balaban J connectivity index is 2.08. The van der Waals surface area contributed by atoms with Gasteiger partial charge in [0.05, 0.1) is 4.92 Å². The van der Waals surface area contributed by atoms with Crippen LogP contribution in [0, 0.1) is 10.1 Å². The Kier molecular flexibility index (Phi) is 6.25. The average Bonchev–Trinajstić information content (AvgIpc) is 2.57. The van der Waals surface area contributed by atoms with Crippen molar-refractivity contribution < 1.29 is 32.4 Å². The Morgan fingerprint density at radius 1 is 1.18 bits per heavy atom. The van der Waals surface area contributed by atoms with Gasteiger partial charge in [-0.15, -0.1) is 0 Å². The largest absolute Gasteiger partial charge is 0.477 e. The molecule has 1 aliphatic heterocycles. The molecule has 0 spiro atoms. The van der Waals surface area contributed by atoms with Crippen molar-refractivity contribution in [2.24, 2.45) is 0 Å². The summed E-state index contributed by atoms with van der Waals surface area (Å²) in [4.78, 5) is 25.7. The third kappa shape index (κ3) is 6.17. The van der Waals surface area contributed by atoms with E-state index in [2.05, 4.69) is 4.74 Å². The van der Waals surface area contributed by atoms with Crippen molar-refractivity contribution in [2.75, 3.05) is 37.7 Å². The monoisotopic (exact) mass is 405 g/mol. The Bertz CT molecular complexity index is 726. The number of rotatable bonds is 4. The van der Waals surface area contributed by atoms with E-state index in [0.717, 1.165) is 6.07 Å². The van der Waals surface area contributed by atoms with Crippen molar-refractivity contribution in [3.63, 3.8) is 0 Å². The van der Waals surface area contributed by atoms with Gasteiger partial charge in [0.2, 0.25) is 0 Å². The number of carbonyl (C=O) groups is 1. The lowest BCUT2D eigenvalue weighted by molar-refractivity contribution is -0.386. The highest BCUT2D eigenvalue weighted by Crippen LogP contribution is 2.33. The third-order valence-electron chi connectivity index (χ3n) is 3.83. The molecule has 0 saturated carbocycles. The first-order valence-corrected chi connectivity index (χ1v) is 8.56. The van der Waals surface area contributed by atoms with Crippen molar-refractivity contribution in [3.8, 4) is 5.75 Å². The van der Waals surface area contributed by atoms with Crippen LogP contribution in [0.25, 0.3) is 0 Å². The Morgan fingerprint density at radius 2 is 1.79 bits per heavy atom. The maximum absolute atomic E-state index is 12.4. The van der Waals surface area contributed by atoms with E-state index in [1.165, 1.54) is 17.0 Å². The zero-order valence-electron chi connectivity index (χ0n) is 15.8. The SMILES string of the molecule is CC(C)(C)OC(=O)N1CCN(c2ccc([N+](=O)[O-])c(OCC(F)(F)F)c2)CC1. The lowest BCUT2D eigenvalue weighted by atomic mass is 10.2. The normalized spacial score (nSPS) is 15.4. The zero-order valence-corrected chi connectivity index (χ0v) is 15.8. The molecule has 1 fully saturated rings. The molecular formula is C17H22F3N3O5. The van der Waals surface area contributed by atoms with Gasteiger partial charge >= 0.3 is 18.0 Å². The molecule has 0 radical (unpaired) electrons. The van der Waals surface area contributed by atoms with Crippen LogP contribution in [0.5, 0.6) is 5.75 Å². The number of hydrogen-bond acceptors (Lipinski definition) is 6. The molecule has 1 aliphatic rings. The number of anilines is 1. The van der Waals surface area contributed by atoms with E-state index in [-0.39, 0.29) is 0 Å². The van der Waals surface area contributed by atoms with Gasteiger partial charge in [-0.1, -0.05) is 0 Å². The summed E-state index contributed by atoms with van der Waals surface area (Å²) in [5, 5.41) is 11.0. The lowest BCUT2D eigenvalue weighted by Crippen LogP contribution is -2.50. The van der Waals surface area contributed by atoms with Gasteiger partial charge in [-0.05, 0) is 26.8 Å². The van der Waals surface area contributed by atoms with Crippen molar-refractivity contribution in [2.45, 2.75) is 32.5 Å². The summed E-state index contributed by atoms with van der Waals surface area (Å²) < 4.78 is 47.2. The molecule has 0 aliphatic carbocycles. The molecule has 1 aromatic rings. The minimum Gasteiger partial charge on any atom is -0.477 e. The van der Waals surface area contributed by atoms with Gasteiger partial charge in [0, 0.05) is 44.0 Å². The highest BCUT2D eigenvalue weighted by atomic mass is 19.4. The van der Waals surface area contributed by atoms with Gasteiger partial charge in [0.25, 0.3) is 0 Å². The molecule has 0 unspecified atom stereocenters. The maximum atomic E-state index is 12.4. The molecule has 156 valence electrons. The van der Waals surface area contributed by atoms with E-state index in [4.69, 9.17) is 4.74 Å². The van der Waals surface area contributed by atoms with Crippen LogP contribution in [-0.4, -0.2) is 60.5 Å². The van der Waals surface area contributed by atoms with Crippen LogP contribution in [0.4, 0.5) is 29.3 Å². The number of amides is 1. The molecule has 11 heteroatoms. The molecule has 0 atom stereocenters. The topological polar surface area (TPSA) is 85.2 Å². The fraction of sp³-hybridized carbons (Fsp3) is 0.588. The van der Waals surface area contributed by atoms with E-state index in [1.54, 1.807) is 20.8 Å². The van der Waals surface area contributed by atoms with Gasteiger partial charge in [-0.25, -0.2) is 4.79 Å². The summed E-state index contributed by atoms with van der Waals surface area (Å²) in [5.41, 5.74) is -0.677. The summed E-state index contributed by atoms with van der Waals surface area (Å²) in [6.45, 7) is 5.17. The first kappa shape index (κ1) is 21.6. The van der Waals surface area contributed by atoms with Crippen LogP contribution >= 0.6 is 0 Å². The molecule has 2 rings (SSSR count). The fourth-order valence-corrected chi connectivity index (χ4v) is 2.60. The molecule has 1 heterocycles. The number of nitro benzene ring substituents is 1. The van der Waals surface area contributed by atoms with Crippen molar-refractivity contribution in [1.29, 1.82) is 0 Å². The number of carbonyl (C=O) groups excluding carboxylic acids is 1. The van der Waals surface area contributed by atoms with Crippen molar-refractivity contribution in [3.05, 3.63) is 28.3 Å². The smallest absolute Gasteiger partial charge is 0.422 e. The molecular weight excluding hydrogens is 383 g/mol. The van der Waals surface area contributed by atoms with Crippen LogP contribution in [0.3, 0.4) is 0 Å². The molecule has 0 bridgehead atoms. The number of hydrogen-bond donors (Lipinski definition) is 0. The standard InChI is InChI=1S/C17H22F3N3O5/c1-16(2,3)28-15(24)22-8-6-21(7-9-22)12-4-5-13(23(25)26)14(10-12)27-11-17(18,19)20/h4-5,10H,6-9,11H2,1-3H3. The molecule has 1 aromatic carbocycles. The minimum absolute atomic E-state index is 0.352. The predicted molar refractivity (Wildman–Crippen MR) is 94.7 cm³/mol. The van der Waals surface area contributed by atoms with Crippen molar-refractivity contribution >= 4 is 17.5 Å². The van der Waals surface area contributed by atoms with Crippen molar-refractivity contribution in [1.82, 2.24) is 4.90 Å². The van der Waals surface area contributed by atoms with E-state index < -0.39 is 40.8 Å². The summed E-state index contributed by atoms with van der Waals surface area (Å²) >= 11 is 0. The lowest BCUT2D eigenvalue weighted by Gasteiger charge is -2.36. The number of alkyl halides is 3. The van der Waals surface area contributed by atoms with E-state index in [9.17, 15) is 28.1 Å². The maximum Gasteiger partial charge on any atom is 0.422 e. The van der Waals surface area contributed by atoms with Gasteiger partial charge < -0.3 is 19.3 Å². The molecule has 1 saturated heterocycles. The quantitative estimate of drug-likeness (QED) is 0.562.